The van der Waals surface area contributed by atoms with Gasteiger partial charge < -0.3 is 19.5 Å². The zero-order chi connectivity index (χ0) is 24.6. The Kier molecular flexibility index (Phi) is 7.67. The Morgan fingerprint density at radius 2 is 1.60 bits per heavy atom. The highest BCUT2D eigenvalue weighted by atomic mass is 16.5. The number of ether oxygens (including phenoxy) is 3. The van der Waals surface area contributed by atoms with Crippen LogP contribution in [0.5, 0.6) is 23.1 Å². The smallest absolute Gasteiger partial charge is 0.226 e. The van der Waals surface area contributed by atoms with Gasteiger partial charge in [-0.3, -0.25) is 4.79 Å². The molecule has 4 rings (SSSR count). The third-order valence-corrected chi connectivity index (χ3v) is 5.59. The van der Waals surface area contributed by atoms with E-state index in [0.717, 1.165) is 28.4 Å². The molecule has 1 heterocycles. The zero-order valence-corrected chi connectivity index (χ0v) is 20.2. The van der Waals surface area contributed by atoms with Gasteiger partial charge in [-0.05, 0) is 61.4 Å². The summed E-state index contributed by atoms with van der Waals surface area (Å²) in [5.74, 6) is 2.58. The van der Waals surface area contributed by atoms with E-state index in [-0.39, 0.29) is 5.91 Å². The Bertz CT molecular complexity index is 1270. The van der Waals surface area contributed by atoms with Crippen LogP contribution in [0.15, 0.2) is 78.9 Å². The fourth-order valence-corrected chi connectivity index (χ4v) is 3.78. The monoisotopic (exact) mass is 471 g/mol. The highest BCUT2D eigenvalue weighted by molar-refractivity contribution is 5.90. The lowest BCUT2D eigenvalue weighted by atomic mass is 10.1. The van der Waals surface area contributed by atoms with Gasteiger partial charge in [-0.2, -0.15) is 5.10 Å². The predicted molar refractivity (Wildman–Crippen MR) is 136 cm³/mol. The standard InChI is InChI=1S/C28H29N3O4/c1-4-26-25(17-18-27(32)29-20-9-6-5-7-10-20)28(35-24-12-8-11-23(19-24)34-3)31(30-26)21-13-15-22(33-2)16-14-21/h5-16,19H,4,17-18H2,1-3H3,(H,29,32). The second-order valence-corrected chi connectivity index (χ2v) is 7.89. The quantitative estimate of drug-likeness (QED) is 0.316. The molecule has 7 nitrogen and oxygen atoms in total. The number of nitrogens with zero attached hydrogens (tertiary/aromatic N) is 2. The van der Waals surface area contributed by atoms with Crippen LogP contribution in [0.2, 0.25) is 0 Å². The number of aromatic nitrogens is 2. The first-order valence-electron chi connectivity index (χ1n) is 11.5. The van der Waals surface area contributed by atoms with Crippen LogP contribution in [0.1, 0.15) is 24.6 Å². The lowest BCUT2D eigenvalue weighted by Crippen LogP contribution is -2.12. The Balaban J connectivity index is 1.67. The summed E-state index contributed by atoms with van der Waals surface area (Å²) in [6.07, 6.45) is 1.48. The average Bonchev–Trinajstić information content (AvgIpc) is 3.25. The van der Waals surface area contributed by atoms with E-state index in [1.807, 2.05) is 85.8 Å². The maximum absolute atomic E-state index is 12.7. The first-order valence-corrected chi connectivity index (χ1v) is 11.5. The summed E-state index contributed by atoms with van der Waals surface area (Å²) < 4.78 is 18.8. The number of hydrogen-bond donors (Lipinski definition) is 1. The van der Waals surface area contributed by atoms with Crippen molar-refractivity contribution in [3.05, 3.63) is 90.1 Å². The molecule has 0 saturated heterocycles. The number of anilines is 1. The molecule has 0 saturated carbocycles. The van der Waals surface area contributed by atoms with Gasteiger partial charge in [0, 0.05) is 23.7 Å². The van der Waals surface area contributed by atoms with Gasteiger partial charge in [0.1, 0.15) is 17.2 Å². The number of benzene rings is 3. The second-order valence-electron chi connectivity index (χ2n) is 7.89. The number of carbonyl (C=O) groups excluding carboxylic acids is 1. The van der Waals surface area contributed by atoms with Crippen molar-refractivity contribution >= 4 is 11.6 Å². The minimum atomic E-state index is -0.0669. The summed E-state index contributed by atoms with van der Waals surface area (Å²) in [6.45, 7) is 2.05. The average molecular weight is 472 g/mol. The number of carbonyl (C=O) groups is 1. The van der Waals surface area contributed by atoms with E-state index in [2.05, 4.69) is 5.32 Å². The molecular formula is C28H29N3O4. The summed E-state index contributed by atoms with van der Waals surface area (Å²) in [7, 11) is 3.25. The van der Waals surface area contributed by atoms with E-state index in [4.69, 9.17) is 19.3 Å². The first kappa shape index (κ1) is 23.9. The molecule has 0 fully saturated rings. The topological polar surface area (TPSA) is 74.6 Å². The van der Waals surface area contributed by atoms with E-state index in [1.165, 1.54) is 0 Å². The molecule has 1 amide bonds. The fourth-order valence-electron chi connectivity index (χ4n) is 3.78. The molecule has 0 aliphatic rings. The molecule has 3 aromatic carbocycles. The lowest BCUT2D eigenvalue weighted by molar-refractivity contribution is -0.116. The van der Waals surface area contributed by atoms with Crippen molar-refractivity contribution in [1.82, 2.24) is 9.78 Å². The van der Waals surface area contributed by atoms with Crippen molar-refractivity contribution in [2.24, 2.45) is 0 Å². The molecule has 0 radical (unpaired) electrons. The molecule has 0 aliphatic heterocycles. The van der Waals surface area contributed by atoms with Crippen molar-refractivity contribution in [2.75, 3.05) is 19.5 Å². The van der Waals surface area contributed by atoms with Gasteiger partial charge in [-0.15, -0.1) is 0 Å². The number of amides is 1. The van der Waals surface area contributed by atoms with E-state index < -0.39 is 0 Å². The van der Waals surface area contributed by atoms with Crippen molar-refractivity contribution in [3.8, 4) is 28.8 Å². The van der Waals surface area contributed by atoms with Crippen LogP contribution in [0, 0.1) is 0 Å². The van der Waals surface area contributed by atoms with Crippen LogP contribution < -0.4 is 19.5 Å². The molecule has 7 heteroatoms. The molecule has 4 aromatic rings. The van der Waals surface area contributed by atoms with Gasteiger partial charge in [0.25, 0.3) is 0 Å². The fraction of sp³-hybridized carbons (Fsp3) is 0.214. The maximum atomic E-state index is 12.7. The first-order chi connectivity index (χ1) is 17.1. The normalized spacial score (nSPS) is 10.6. The van der Waals surface area contributed by atoms with Crippen molar-refractivity contribution in [3.63, 3.8) is 0 Å². The SMILES string of the molecule is CCc1nn(-c2ccc(OC)cc2)c(Oc2cccc(OC)c2)c1CCC(=O)Nc1ccccc1. The van der Waals surface area contributed by atoms with Gasteiger partial charge in [-0.25, -0.2) is 4.68 Å². The molecule has 0 atom stereocenters. The third-order valence-electron chi connectivity index (χ3n) is 5.59. The van der Waals surface area contributed by atoms with E-state index in [9.17, 15) is 4.79 Å². The Morgan fingerprint density at radius 1 is 0.886 bits per heavy atom. The van der Waals surface area contributed by atoms with Crippen LogP contribution in [0.3, 0.4) is 0 Å². The summed E-state index contributed by atoms with van der Waals surface area (Å²) in [5.41, 5.74) is 3.38. The van der Waals surface area contributed by atoms with Gasteiger partial charge in [0.15, 0.2) is 0 Å². The minimum Gasteiger partial charge on any atom is -0.497 e. The van der Waals surface area contributed by atoms with Gasteiger partial charge in [-0.1, -0.05) is 31.2 Å². The summed E-state index contributed by atoms with van der Waals surface area (Å²) in [4.78, 5) is 12.7. The Labute approximate surface area is 205 Å². The number of methoxy groups -OCH3 is 2. The van der Waals surface area contributed by atoms with Crippen LogP contribution in [0.25, 0.3) is 5.69 Å². The molecule has 1 aromatic heterocycles. The molecular weight excluding hydrogens is 442 g/mol. The van der Waals surface area contributed by atoms with Crippen LogP contribution >= 0.6 is 0 Å². The van der Waals surface area contributed by atoms with E-state index in [1.54, 1.807) is 18.9 Å². The Hall–Kier alpha value is -4.26. The third kappa shape index (κ3) is 5.81. The van der Waals surface area contributed by atoms with Gasteiger partial charge >= 0.3 is 0 Å². The lowest BCUT2D eigenvalue weighted by Gasteiger charge is -2.13. The number of rotatable bonds is 10. The number of hydrogen-bond acceptors (Lipinski definition) is 5. The molecule has 0 bridgehead atoms. The van der Waals surface area contributed by atoms with Crippen LogP contribution in [0.4, 0.5) is 5.69 Å². The predicted octanol–water partition coefficient (Wildman–Crippen LogP) is 5.82. The highest BCUT2D eigenvalue weighted by Gasteiger charge is 2.21. The Morgan fingerprint density at radius 3 is 2.29 bits per heavy atom. The van der Waals surface area contributed by atoms with Crippen molar-refractivity contribution in [1.29, 1.82) is 0 Å². The summed E-state index contributed by atoms with van der Waals surface area (Å²) >= 11 is 0. The zero-order valence-electron chi connectivity index (χ0n) is 20.2. The largest absolute Gasteiger partial charge is 0.497 e. The van der Waals surface area contributed by atoms with Crippen molar-refractivity contribution < 1.29 is 19.0 Å². The maximum Gasteiger partial charge on any atom is 0.226 e. The van der Waals surface area contributed by atoms with Crippen molar-refractivity contribution in [2.45, 2.75) is 26.2 Å². The minimum absolute atomic E-state index is 0.0669. The number of nitrogens with one attached hydrogen (secondary N) is 1. The molecule has 0 unspecified atom stereocenters. The van der Waals surface area contributed by atoms with Crippen LogP contribution in [-0.4, -0.2) is 29.9 Å². The molecule has 35 heavy (non-hydrogen) atoms. The van der Waals surface area contributed by atoms with Gasteiger partial charge in [0.05, 0.1) is 25.6 Å². The van der Waals surface area contributed by atoms with Crippen LogP contribution in [-0.2, 0) is 17.6 Å². The summed E-state index contributed by atoms with van der Waals surface area (Å²) in [5, 5.41) is 7.79. The molecule has 180 valence electrons. The summed E-state index contributed by atoms with van der Waals surface area (Å²) in [6, 6.07) is 24.5. The number of para-hydroxylation sites is 1. The molecule has 0 spiro atoms. The van der Waals surface area contributed by atoms with E-state index in [0.29, 0.717) is 36.6 Å². The number of aryl methyl sites for hydroxylation is 1. The van der Waals surface area contributed by atoms with E-state index >= 15 is 0 Å². The highest BCUT2D eigenvalue weighted by Crippen LogP contribution is 2.33. The van der Waals surface area contributed by atoms with Gasteiger partial charge in [0.2, 0.25) is 11.8 Å². The molecule has 0 aliphatic carbocycles. The molecule has 1 N–H and O–H groups in total. The second kappa shape index (κ2) is 11.2.